The lowest BCUT2D eigenvalue weighted by Crippen LogP contribution is -2.42. The summed E-state index contributed by atoms with van der Waals surface area (Å²) in [6.07, 6.45) is 4.48. The molecule has 3 N–H and O–H groups in total. The van der Waals surface area contributed by atoms with Crippen LogP contribution in [-0.4, -0.2) is 52.9 Å². The maximum absolute atomic E-state index is 12.3. The predicted molar refractivity (Wildman–Crippen MR) is 95.6 cm³/mol. The van der Waals surface area contributed by atoms with Crippen molar-refractivity contribution in [1.29, 1.82) is 0 Å². The number of para-hydroxylation sites is 2. The van der Waals surface area contributed by atoms with Crippen LogP contribution in [-0.2, 0) is 11.3 Å². The summed E-state index contributed by atoms with van der Waals surface area (Å²) in [5.74, 6) is 0.813. The van der Waals surface area contributed by atoms with Crippen molar-refractivity contribution in [3.8, 4) is 11.4 Å². The van der Waals surface area contributed by atoms with E-state index in [4.69, 9.17) is 10.5 Å². The Morgan fingerprint density at radius 3 is 3.00 bits per heavy atom. The first kappa shape index (κ1) is 17.4. The number of ether oxygens (including phenoxy) is 1. The number of amides is 1. The maximum Gasteiger partial charge on any atom is 0.237 e. The SMILES string of the molecule is CCNC(=O)[C@@H]1C[C@H](N)CN1Cc1cnn(-c2ccccc2OC)c1. The third-order valence-electron chi connectivity index (χ3n) is 4.44. The van der Waals surface area contributed by atoms with Gasteiger partial charge in [0.25, 0.3) is 0 Å². The molecule has 7 heteroatoms. The van der Waals surface area contributed by atoms with Crippen molar-refractivity contribution in [3.05, 3.63) is 42.2 Å². The molecule has 0 saturated carbocycles. The molecule has 1 aliphatic rings. The smallest absolute Gasteiger partial charge is 0.237 e. The second-order valence-electron chi connectivity index (χ2n) is 6.30. The predicted octanol–water partition coefficient (Wildman–Crippen LogP) is 0.919. The molecule has 1 aromatic carbocycles. The average molecular weight is 343 g/mol. The largest absolute Gasteiger partial charge is 0.494 e. The Kier molecular flexibility index (Phi) is 5.35. The molecule has 7 nitrogen and oxygen atoms in total. The van der Waals surface area contributed by atoms with Crippen LogP contribution in [0.1, 0.15) is 18.9 Å². The minimum atomic E-state index is -0.176. The standard InChI is InChI=1S/C18H25N5O2/c1-3-20-18(24)16-8-14(19)12-22(16)10-13-9-21-23(11-13)15-6-4-5-7-17(15)25-2/h4-7,9,11,14,16H,3,8,10,12,19H2,1-2H3,(H,20,24)/t14-,16-/m0/s1. The van der Waals surface area contributed by atoms with Crippen LogP contribution in [0.3, 0.4) is 0 Å². The molecule has 0 aliphatic carbocycles. The first-order valence-corrected chi connectivity index (χ1v) is 8.56. The van der Waals surface area contributed by atoms with Crippen molar-refractivity contribution in [3.63, 3.8) is 0 Å². The molecule has 134 valence electrons. The molecule has 0 unspecified atom stereocenters. The normalized spacial score (nSPS) is 20.6. The topological polar surface area (TPSA) is 85.4 Å². The summed E-state index contributed by atoms with van der Waals surface area (Å²) in [5.41, 5.74) is 8.00. The zero-order chi connectivity index (χ0) is 17.8. The van der Waals surface area contributed by atoms with Gasteiger partial charge in [-0.1, -0.05) is 12.1 Å². The van der Waals surface area contributed by atoms with Crippen LogP contribution >= 0.6 is 0 Å². The molecule has 1 saturated heterocycles. The molecule has 0 bridgehead atoms. The summed E-state index contributed by atoms with van der Waals surface area (Å²) in [5, 5.41) is 7.34. The molecule has 2 heterocycles. The number of hydrogen-bond acceptors (Lipinski definition) is 5. The fraction of sp³-hybridized carbons (Fsp3) is 0.444. The maximum atomic E-state index is 12.3. The quantitative estimate of drug-likeness (QED) is 0.815. The third kappa shape index (κ3) is 3.83. The fourth-order valence-corrected chi connectivity index (χ4v) is 3.31. The number of nitrogens with zero attached hydrogens (tertiary/aromatic N) is 3. The number of nitrogens with two attached hydrogens (primary N) is 1. The number of methoxy groups -OCH3 is 1. The summed E-state index contributed by atoms with van der Waals surface area (Å²) in [6, 6.07) is 7.58. The van der Waals surface area contributed by atoms with Gasteiger partial charge in [0.15, 0.2) is 0 Å². The number of nitrogens with one attached hydrogen (secondary N) is 1. The molecule has 0 spiro atoms. The monoisotopic (exact) mass is 343 g/mol. The number of likely N-dealkylation sites (N-methyl/N-ethyl adjacent to an activating group) is 1. The van der Waals surface area contributed by atoms with Gasteiger partial charge in [0.2, 0.25) is 5.91 Å². The van der Waals surface area contributed by atoms with E-state index in [-0.39, 0.29) is 18.0 Å². The number of benzene rings is 1. The van der Waals surface area contributed by atoms with Gasteiger partial charge >= 0.3 is 0 Å². The highest BCUT2D eigenvalue weighted by Gasteiger charge is 2.34. The third-order valence-corrected chi connectivity index (χ3v) is 4.44. The second-order valence-corrected chi connectivity index (χ2v) is 6.30. The van der Waals surface area contributed by atoms with E-state index in [1.807, 2.05) is 43.6 Å². The summed E-state index contributed by atoms with van der Waals surface area (Å²) in [4.78, 5) is 14.4. The van der Waals surface area contributed by atoms with Gasteiger partial charge < -0.3 is 15.8 Å². The van der Waals surface area contributed by atoms with Crippen LogP contribution in [0.4, 0.5) is 0 Å². The lowest BCUT2D eigenvalue weighted by atomic mass is 10.1. The van der Waals surface area contributed by atoms with E-state index in [0.717, 1.165) is 17.0 Å². The van der Waals surface area contributed by atoms with E-state index in [0.29, 0.717) is 26.1 Å². The van der Waals surface area contributed by atoms with Crippen molar-refractivity contribution in [2.45, 2.75) is 32.0 Å². The summed E-state index contributed by atoms with van der Waals surface area (Å²) in [7, 11) is 1.64. The van der Waals surface area contributed by atoms with Crippen molar-refractivity contribution >= 4 is 5.91 Å². The fourth-order valence-electron chi connectivity index (χ4n) is 3.31. The number of aromatic nitrogens is 2. The molecule has 2 aromatic rings. The minimum absolute atomic E-state index is 0.0249. The number of carbonyl (C=O) groups is 1. The van der Waals surface area contributed by atoms with Crippen LogP contribution in [0.25, 0.3) is 5.69 Å². The molecule has 1 fully saturated rings. The number of hydrogen-bond donors (Lipinski definition) is 2. The Hall–Kier alpha value is -2.38. The Labute approximate surface area is 147 Å². The first-order valence-electron chi connectivity index (χ1n) is 8.56. The first-order chi connectivity index (χ1) is 12.1. The van der Waals surface area contributed by atoms with E-state index >= 15 is 0 Å². The van der Waals surface area contributed by atoms with Crippen molar-refractivity contribution in [1.82, 2.24) is 20.0 Å². The van der Waals surface area contributed by atoms with E-state index in [2.05, 4.69) is 15.3 Å². The lowest BCUT2D eigenvalue weighted by Gasteiger charge is -2.22. The van der Waals surface area contributed by atoms with Gasteiger partial charge in [-0.25, -0.2) is 4.68 Å². The van der Waals surface area contributed by atoms with Crippen LogP contribution in [0.5, 0.6) is 5.75 Å². The highest BCUT2D eigenvalue weighted by atomic mass is 16.5. The lowest BCUT2D eigenvalue weighted by molar-refractivity contribution is -0.125. The summed E-state index contributed by atoms with van der Waals surface area (Å²) < 4.78 is 7.19. The van der Waals surface area contributed by atoms with Gasteiger partial charge in [0, 0.05) is 37.4 Å². The molecule has 1 aliphatic heterocycles. The van der Waals surface area contributed by atoms with E-state index in [1.54, 1.807) is 11.8 Å². The molecule has 1 aromatic heterocycles. The number of rotatable bonds is 6. The van der Waals surface area contributed by atoms with Gasteiger partial charge in [0.1, 0.15) is 11.4 Å². The van der Waals surface area contributed by atoms with Gasteiger partial charge in [-0.3, -0.25) is 9.69 Å². The molecule has 25 heavy (non-hydrogen) atoms. The zero-order valence-electron chi connectivity index (χ0n) is 14.7. The van der Waals surface area contributed by atoms with Gasteiger partial charge in [-0.05, 0) is 25.5 Å². The van der Waals surface area contributed by atoms with E-state index in [1.165, 1.54) is 0 Å². The van der Waals surface area contributed by atoms with Crippen LogP contribution in [0, 0.1) is 0 Å². The van der Waals surface area contributed by atoms with Crippen molar-refractivity contribution in [2.24, 2.45) is 5.73 Å². The molecule has 1 amide bonds. The number of likely N-dealkylation sites (tertiary alicyclic amines) is 1. The van der Waals surface area contributed by atoms with Gasteiger partial charge in [-0.15, -0.1) is 0 Å². The van der Waals surface area contributed by atoms with Crippen LogP contribution in [0.2, 0.25) is 0 Å². The highest BCUT2D eigenvalue weighted by molar-refractivity contribution is 5.82. The Morgan fingerprint density at radius 2 is 2.24 bits per heavy atom. The zero-order valence-corrected chi connectivity index (χ0v) is 14.7. The summed E-state index contributed by atoms with van der Waals surface area (Å²) >= 11 is 0. The highest BCUT2D eigenvalue weighted by Crippen LogP contribution is 2.23. The van der Waals surface area contributed by atoms with Crippen molar-refractivity contribution in [2.75, 3.05) is 20.2 Å². The Morgan fingerprint density at radius 1 is 1.44 bits per heavy atom. The molecule has 3 rings (SSSR count). The van der Waals surface area contributed by atoms with Crippen molar-refractivity contribution < 1.29 is 9.53 Å². The Balaban J connectivity index is 1.75. The van der Waals surface area contributed by atoms with Gasteiger partial charge in [-0.2, -0.15) is 5.10 Å². The average Bonchev–Trinajstić information content (AvgIpc) is 3.22. The summed E-state index contributed by atoms with van der Waals surface area (Å²) in [6.45, 7) is 3.91. The van der Waals surface area contributed by atoms with E-state index in [9.17, 15) is 4.79 Å². The molecule has 2 atom stereocenters. The van der Waals surface area contributed by atoms with Crippen LogP contribution in [0.15, 0.2) is 36.7 Å². The Bertz CT molecular complexity index is 730. The van der Waals surface area contributed by atoms with E-state index < -0.39 is 0 Å². The minimum Gasteiger partial charge on any atom is -0.494 e. The molecular weight excluding hydrogens is 318 g/mol. The molecular formula is C18H25N5O2. The number of carbonyl (C=O) groups excluding carboxylic acids is 1. The van der Waals surface area contributed by atoms with Gasteiger partial charge in [0.05, 0.1) is 19.3 Å². The second kappa shape index (κ2) is 7.67. The van der Waals surface area contributed by atoms with Crippen LogP contribution < -0.4 is 15.8 Å². The molecule has 0 radical (unpaired) electrons.